The Kier molecular flexibility index (Phi) is 7.66. The summed E-state index contributed by atoms with van der Waals surface area (Å²) in [4.78, 5) is 14.6. The van der Waals surface area contributed by atoms with E-state index in [2.05, 4.69) is 44.0 Å². The molecule has 3 aromatic rings. The number of nitrogens with one attached hydrogen (secondary N) is 1. The molecule has 190 valence electrons. The number of amides is 1. The summed E-state index contributed by atoms with van der Waals surface area (Å²) in [6, 6.07) is 15.6. The third-order valence-corrected chi connectivity index (χ3v) is 6.57. The molecule has 9 nitrogen and oxygen atoms in total. The van der Waals surface area contributed by atoms with Gasteiger partial charge in [-0.1, -0.05) is 31.2 Å². The topological polar surface area (TPSA) is 90.7 Å². The van der Waals surface area contributed by atoms with Crippen LogP contribution >= 0.6 is 0 Å². The third-order valence-electron chi connectivity index (χ3n) is 6.57. The molecule has 0 fully saturated rings. The molecule has 0 aliphatic carbocycles. The first kappa shape index (κ1) is 24.1. The van der Waals surface area contributed by atoms with Crippen molar-refractivity contribution in [3.63, 3.8) is 0 Å². The van der Waals surface area contributed by atoms with Crippen LogP contribution in [0.1, 0.15) is 24.1 Å². The first-order chi connectivity index (χ1) is 17.6. The highest BCUT2D eigenvalue weighted by atomic mass is 16.7. The van der Waals surface area contributed by atoms with Crippen LogP contribution in [0.25, 0.3) is 0 Å². The second kappa shape index (κ2) is 11.4. The lowest BCUT2D eigenvalue weighted by Gasteiger charge is -2.24. The van der Waals surface area contributed by atoms with Crippen LogP contribution in [0.15, 0.2) is 48.5 Å². The summed E-state index contributed by atoms with van der Waals surface area (Å²) >= 11 is 0. The second-order valence-corrected chi connectivity index (χ2v) is 9.43. The zero-order valence-electron chi connectivity index (χ0n) is 20.7. The van der Waals surface area contributed by atoms with Gasteiger partial charge in [0.05, 0.1) is 0 Å². The van der Waals surface area contributed by atoms with Crippen LogP contribution in [-0.4, -0.2) is 65.2 Å². The summed E-state index contributed by atoms with van der Waals surface area (Å²) in [7, 11) is 0. The Morgan fingerprint density at radius 3 is 2.83 bits per heavy atom. The minimum Gasteiger partial charge on any atom is -0.484 e. The van der Waals surface area contributed by atoms with E-state index in [1.165, 1.54) is 5.56 Å². The van der Waals surface area contributed by atoms with Gasteiger partial charge in [-0.05, 0) is 42.2 Å². The van der Waals surface area contributed by atoms with Crippen molar-refractivity contribution >= 4 is 5.91 Å². The monoisotopic (exact) mass is 491 g/mol. The molecule has 0 radical (unpaired) electrons. The summed E-state index contributed by atoms with van der Waals surface area (Å²) < 4.78 is 18.7. The van der Waals surface area contributed by atoms with Gasteiger partial charge in [0.2, 0.25) is 6.79 Å². The second-order valence-electron chi connectivity index (χ2n) is 9.43. The van der Waals surface area contributed by atoms with E-state index in [4.69, 9.17) is 14.2 Å². The summed E-state index contributed by atoms with van der Waals surface area (Å²) in [6.45, 7) is 6.93. The number of hydrogen-bond donors (Lipinski definition) is 1. The zero-order valence-corrected chi connectivity index (χ0v) is 20.7. The molecule has 1 atom stereocenters. The van der Waals surface area contributed by atoms with Gasteiger partial charge in [0, 0.05) is 45.6 Å². The van der Waals surface area contributed by atoms with Crippen LogP contribution in [0.5, 0.6) is 17.2 Å². The van der Waals surface area contributed by atoms with E-state index in [9.17, 15) is 4.79 Å². The minimum absolute atomic E-state index is 0.00135. The van der Waals surface area contributed by atoms with Crippen molar-refractivity contribution in [2.24, 2.45) is 5.92 Å². The molecule has 0 saturated carbocycles. The molecule has 2 aromatic carbocycles. The Labute approximate surface area is 211 Å². The normalized spacial score (nSPS) is 15.7. The number of ether oxygens (including phenoxy) is 3. The molecular formula is C27H33N5O4. The van der Waals surface area contributed by atoms with Gasteiger partial charge in [-0.25, -0.2) is 0 Å². The van der Waals surface area contributed by atoms with E-state index in [0.29, 0.717) is 31.4 Å². The Hall–Kier alpha value is -3.59. The summed E-state index contributed by atoms with van der Waals surface area (Å²) in [5.74, 6) is 4.68. The van der Waals surface area contributed by atoms with E-state index in [1.54, 1.807) is 0 Å². The molecule has 0 bridgehead atoms. The predicted molar refractivity (Wildman–Crippen MR) is 134 cm³/mol. The van der Waals surface area contributed by atoms with Gasteiger partial charge in [-0.15, -0.1) is 10.2 Å². The Balaban J connectivity index is 1.06. The van der Waals surface area contributed by atoms with Gasteiger partial charge < -0.3 is 29.0 Å². The molecule has 3 heterocycles. The molecule has 0 saturated heterocycles. The van der Waals surface area contributed by atoms with Crippen LogP contribution in [0, 0.1) is 5.92 Å². The van der Waals surface area contributed by atoms with Gasteiger partial charge in [-0.3, -0.25) is 4.79 Å². The van der Waals surface area contributed by atoms with E-state index in [0.717, 1.165) is 62.2 Å². The Morgan fingerprint density at radius 2 is 1.94 bits per heavy atom. The highest BCUT2D eigenvalue weighted by Crippen LogP contribution is 2.33. The number of hydrogen-bond acceptors (Lipinski definition) is 7. The fourth-order valence-corrected chi connectivity index (χ4v) is 4.80. The summed E-state index contributed by atoms with van der Waals surface area (Å²) in [6.07, 6.45) is 2.52. The summed E-state index contributed by atoms with van der Waals surface area (Å²) in [5.41, 5.74) is 1.28. The Morgan fingerprint density at radius 1 is 1.08 bits per heavy atom. The highest BCUT2D eigenvalue weighted by molar-refractivity contribution is 5.77. The van der Waals surface area contributed by atoms with Crippen LogP contribution in [-0.2, 0) is 30.6 Å². The number of benzene rings is 2. The van der Waals surface area contributed by atoms with Gasteiger partial charge >= 0.3 is 0 Å². The fourth-order valence-electron chi connectivity index (χ4n) is 4.80. The molecule has 1 aromatic heterocycles. The lowest BCUT2D eigenvalue weighted by molar-refractivity contribution is -0.123. The van der Waals surface area contributed by atoms with Gasteiger partial charge in [-0.2, -0.15) is 0 Å². The molecule has 1 N–H and O–H groups in total. The maximum atomic E-state index is 12.1. The number of fused-ring (bicyclic) bond motifs is 2. The van der Waals surface area contributed by atoms with E-state index < -0.39 is 0 Å². The lowest BCUT2D eigenvalue weighted by Crippen LogP contribution is -2.32. The molecule has 2 aliphatic rings. The standard InChI is InChI=1S/C27H33N5O4/c1-20(15-21-7-8-23-24(16-21)36-19-35-23)17-31-12-10-26-30-29-25(32(26)14-13-31)9-11-28-27(33)18-34-22-5-3-2-4-6-22/h2-8,16,20H,9-15,17-19H2,1H3,(H,28,33)/t20-/m0/s1. The molecule has 0 unspecified atom stereocenters. The predicted octanol–water partition coefficient (Wildman–Crippen LogP) is 2.48. The number of rotatable bonds is 10. The number of para-hydroxylation sites is 1. The number of carbonyl (C=O) groups is 1. The first-order valence-corrected chi connectivity index (χ1v) is 12.6. The van der Waals surface area contributed by atoms with Crippen molar-refractivity contribution in [3.8, 4) is 17.2 Å². The molecular weight excluding hydrogens is 458 g/mol. The zero-order chi connectivity index (χ0) is 24.7. The van der Waals surface area contributed by atoms with Gasteiger partial charge in [0.1, 0.15) is 17.4 Å². The van der Waals surface area contributed by atoms with Crippen molar-refractivity contribution in [2.75, 3.05) is 39.6 Å². The van der Waals surface area contributed by atoms with Crippen LogP contribution in [0.3, 0.4) is 0 Å². The molecule has 2 aliphatic heterocycles. The largest absolute Gasteiger partial charge is 0.484 e. The molecule has 1 amide bonds. The fraction of sp³-hybridized carbons (Fsp3) is 0.444. The average Bonchev–Trinajstić information content (AvgIpc) is 3.46. The molecule has 5 rings (SSSR count). The van der Waals surface area contributed by atoms with Crippen LogP contribution < -0.4 is 19.5 Å². The van der Waals surface area contributed by atoms with Gasteiger partial charge in [0.25, 0.3) is 5.91 Å². The van der Waals surface area contributed by atoms with Crippen molar-refractivity contribution in [2.45, 2.75) is 32.7 Å². The maximum absolute atomic E-state index is 12.1. The van der Waals surface area contributed by atoms with Crippen LogP contribution in [0.4, 0.5) is 0 Å². The molecule has 9 heteroatoms. The number of nitrogens with zero attached hydrogens (tertiary/aromatic N) is 4. The van der Waals surface area contributed by atoms with E-state index in [1.807, 2.05) is 36.4 Å². The van der Waals surface area contributed by atoms with Crippen molar-refractivity contribution in [3.05, 3.63) is 65.7 Å². The third kappa shape index (κ3) is 6.15. The highest BCUT2D eigenvalue weighted by Gasteiger charge is 2.21. The minimum atomic E-state index is -0.142. The van der Waals surface area contributed by atoms with E-state index >= 15 is 0 Å². The molecule has 0 spiro atoms. The molecule has 36 heavy (non-hydrogen) atoms. The number of aromatic nitrogens is 3. The van der Waals surface area contributed by atoms with Crippen molar-refractivity contribution in [1.82, 2.24) is 25.0 Å². The van der Waals surface area contributed by atoms with Crippen molar-refractivity contribution < 1.29 is 19.0 Å². The van der Waals surface area contributed by atoms with Crippen LogP contribution in [0.2, 0.25) is 0 Å². The smallest absolute Gasteiger partial charge is 0.257 e. The van der Waals surface area contributed by atoms with Gasteiger partial charge in [0.15, 0.2) is 18.1 Å². The Bertz CT molecular complexity index is 1170. The van der Waals surface area contributed by atoms with Crippen molar-refractivity contribution in [1.29, 1.82) is 0 Å². The average molecular weight is 492 g/mol. The summed E-state index contributed by atoms with van der Waals surface area (Å²) in [5, 5.41) is 11.7. The lowest BCUT2D eigenvalue weighted by atomic mass is 10.00. The number of carbonyl (C=O) groups excluding carboxylic acids is 1. The van der Waals surface area contributed by atoms with E-state index in [-0.39, 0.29) is 12.5 Å². The quantitative estimate of drug-likeness (QED) is 0.466. The SMILES string of the molecule is C[C@@H](Cc1ccc2c(c1)OCO2)CN1CCc2nnc(CCNC(=O)COc3ccccc3)n2CC1. The maximum Gasteiger partial charge on any atom is 0.257 e. The first-order valence-electron chi connectivity index (χ1n) is 12.6.